The Bertz CT molecular complexity index is 675. The highest BCUT2D eigenvalue weighted by Gasteiger charge is 2.03. The zero-order valence-electron chi connectivity index (χ0n) is 12.5. The van der Waals surface area contributed by atoms with E-state index in [1.807, 2.05) is 56.3 Å². The molecule has 2 aromatic carbocycles. The number of benzene rings is 2. The number of aryl methyl sites for hydroxylation is 2. The van der Waals surface area contributed by atoms with Crippen molar-refractivity contribution in [2.45, 2.75) is 13.8 Å². The van der Waals surface area contributed by atoms with Crippen molar-refractivity contribution in [3.8, 4) is 5.75 Å². The third-order valence-electron chi connectivity index (χ3n) is 3.37. The minimum atomic E-state index is -0.0273. The van der Waals surface area contributed by atoms with Crippen LogP contribution in [0, 0.1) is 13.8 Å². The first kappa shape index (κ1) is 14.9. The summed E-state index contributed by atoms with van der Waals surface area (Å²) in [6.07, 6.45) is 3.16. The van der Waals surface area contributed by atoms with Crippen molar-refractivity contribution in [3.05, 3.63) is 71.4 Å². The first-order chi connectivity index (χ1) is 10.1. The molecule has 0 amide bonds. The van der Waals surface area contributed by atoms with Crippen molar-refractivity contribution >= 4 is 11.5 Å². The quantitative estimate of drug-likeness (QED) is 0.662. The predicted molar refractivity (Wildman–Crippen MR) is 86.0 cm³/mol. The molecule has 2 aromatic rings. The first-order valence-corrected chi connectivity index (χ1v) is 6.79. The molecule has 0 atom stereocenters. The van der Waals surface area contributed by atoms with Crippen LogP contribution in [0.25, 0.3) is 0 Å². The summed E-state index contributed by atoms with van der Waals surface area (Å²) in [4.78, 5) is 12.1. The van der Waals surface area contributed by atoms with Gasteiger partial charge in [0, 0.05) is 17.8 Å². The molecule has 0 radical (unpaired) electrons. The monoisotopic (exact) mass is 281 g/mol. The zero-order chi connectivity index (χ0) is 15.2. The molecule has 0 bridgehead atoms. The predicted octanol–water partition coefficient (Wildman–Crippen LogP) is 4.12. The SMILES string of the molecule is COc1ccccc1N/C=C/C(=O)c1ccc(C)c(C)c1. The van der Waals surface area contributed by atoms with E-state index in [2.05, 4.69) is 5.32 Å². The second kappa shape index (κ2) is 6.75. The van der Waals surface area contributed by atoms with Crippen molar-refractivity contribution in [3.63, 3.8) is 0 Å². The number of nitrogens with one attached hydrogen (secondary N) is 1. The molecule has 3 heteroatoms. The van der Waals surface area contributed by atoms with Crippen LogP contribution in [0.2, 0.25) is 0 Å². The molecule has 0 unspecified atom stereocenters. The fourth-order valence-corrected chi connectivity index (χ4v) is 1.96. The molecule has 3 nitrogen and oxygen atoms in total. The van der Waals surface area contributed by atoms with E-state index < -0.39 is 0 Å². The second-order valence-electron chi connectivity index (χ2n) is 4.84. The number of ether oxygens (including phenoxy) is 1. The normalized spacial score (nSPS) is 10.6. The molecule has 2 rings (SSSR count). The van der Waals surface area contributed by atoms with Crippen LogP contribution in [0.4, 0.5) is 5.69 Å². The van der Waals surface area contributed by atoms with Crippen molar-refractivity contribution < 1.29 is 9.53 Å². The van der Waals surface area contributed by atoms with Gasteiger partial charge in [-0.3, -0.25) is 4.79 Å². The lowest BCUT2D eigenvalue weighted by Gasteiger charge is -2.07. The van der Waals surface area contributed by atoms with Gasteiger partial charge >= 0.3 is 0 Å². The lowest BCUT2D eigenvalue weighted by Crippen LogP contribution is -1.98. The van der Waals surface area contributed by atoms with E-state index in [0.29, 0.717) is 5.56 Å². The Hall–Kier alpha value is -2.55. The molecule has 0 aliphatic rings. The van der Waals surface area contributed by atoms with Gasteiger partial charge in [0.15, 0.2) is 5.78 Å². The summed E-state index contributed by atoms with van der Waals surface area (Å²) >= 11 is 0. The van der Waals surface area contributed by atoms with Gasteiger partial charge in [0.1, 0.15) is 5.75 Å². The van der Waals surface area contributed by atoms with E-state index >= 15 is 0 Å². The Morgan fingerprint density at radius 3 is 2.57 bits per heavy atom. The van der Waals surface area contributed by atoms with Gasteiger partial charge < -0.3 is 10.1 Å². The number of hydrogen-bond acceptors (Lipinski definition) is 3. The van der Waals surface area contributed by atoms with Crippen LogP contribution in [0.5, 0.6) is 5.75 Å². The average molecular weight is 281 g/mol. The van der Waals surface area contributed by atoms with Gasteiger partial charge in [-0.05, 0) is 43.2 Å². The molecular formula is C18H19NO2. The number of carbonyl (C=O) groups excluding carboxylic acids is 1. The molecule has 1 N–H and O–H groups in total. The lowest BCUT2D eigenvalue weighted by molar-refractivity contribution is 0.104. The van der Waals surface area contributed by atoms with E-state index in [0.717, 1.165) is 17.0 Å². The number of carbonyl (C=O) groups is 1. The van der Waals surface area contributed by atoms with Gasteiger partial charge in [0.25, 0.3) is 0 Å². The lowest BCUT2D eigenvalue weighted by atomic mass is 10.0. The molecule has 21 heavy (non-hydrogen) atoms. The summed E-state index contributed by atoms with van der Waals surface area (Å²) in [5, 5.41) is 3.06. The van der Waals surface area contributed by atoms with Crippen LogP contribution < -0.4 is 10.1 Å². The summed E-state index contributed by atoms with van der Waals surface area (Å²) in [5.41, 5.74) is 3.81. The molecule has 0 aliphatic carbocycles. The van der Waals surface area contributed by atoms with E-state index in [-0.39, 0.29) is 5.78 Å². The van der Waals surface area contributed by atoms with E-state index in [1.54, 1.807) is 13.3 Å². The maximum atomic E-state index is 12.1. The Morgan fingerprint density at radius 2 is 1.86 bits per heavy atom. The van der Waals surface area contributed by atoms with Crippen molar-refractivity contribution in [1.29, 1.82) is 0 Å². The van der Waals surface area contributed by atoms with Crippen molar-refractivity contribution in [1.82, 2.24) is 0 Å². The Balaban J connectivity index is 2.07. The smallest absolute Gasteiger partial charge is 0.187 e. The summed E-state index contributed by atoms with van der Waals surface area (Å²) in [5.74, 6) is 0.710. The van der Waals surface area contributed by atoms with Crippen molar-refractivity contribution in [2.24, 2.45) is 0 Å². The summed E-state index contributed by atoms with van der Waals surface area (Å²) in [6, 6.07) is 13.3. The maximum Gasteiger partial charge on any atom is 0.187 e. The van der Waals surface area contributed by atoms with Gasteiger partial charge in [-0.2, -0.15) is 0 Å². The first-order valence-electron chi connectivity index (χ1n) is 6.79. The topological polar surface area (TPSA) is 38.3 Å². The minimum absolute atomic E-state index is 0.0273. The Morgan fingerprint density at radius 1 is 1.10 bits per heavy atom. The van der Waals surface area contributed by atoms with Gasteiger partial charge in [-0.25, -0.2) is 0 Å². The highest BCUT2D eigenvalue weighted by molar-refractivity contribution is 6.04. The van der Waals surface area contributed by atoms with Gasteiger partial charge in [0.05, 0.1) is 12.8 Å². The number of hydrogen-bond donors (Lipinski definition) is 1. The van der Waals surface area contributed by atoms with Crippen LogP contribution in [0.1, 0.15) is 21.5 Å². The third kappa shape index (κ3) is 3.72. The highest BCUT2D eigenvalue weighted by atomic mass is 16.5. The molecular weight excluding hydrogens is 262 g/mol. The van der Waals surface area contributed by atoms with Crippen LogP contribution in [0.3, 0.4) is 0 Å². The van der Waals surface area contributed by atoms with Crippen molar-refractivity contribution in [2.75, 3.05) is 12.4 Å². The van der Waals surface area contributed by atoms with Crippen LogP contribution >= 0.6 is 0 Å². The number of rotatable bonds is 5. The molecule has 0 aliphatic heterocycles. The summed E-state index contributed by atoms with van der Waals surface area (Å²) in [7, 11) is 1.62. The fourth-order valence-electron chi connectivity index (χ4n) is 1.96. The Labute approximate surface area is 125 Å². The average Bonchev–Trinajstić information content (AvgIpc) is 2.50. The molecule has 108 valence electrons. The third-order valence-corrected chi connectivity index (χ3v) is 3.37. The summed E-state index contributed by atoms with van der Waals surface area (Å²) < 4.78 is 5.24. The van der Waals surface area contributed by atoms with Gasteiger partial charge in [0.2, 0.25) is 0 Å². The fraction of sp³-hybridized carbons (Fsp3) is 0.167. The zero-order valence-corrected chi connectivity index (χ0v) is 12.5. The van der Waals surface area contributed by atoms with E-state index in [4.69, 9.17) is 4.74 Å². The van der Waals surface area contributed by atoms with Gasteiger partial charge in [-0.15, -0.1) is 0 Å². The maximum absolute atomic E-state index is 12.1. The molecule has 0 fully saturated rings. The molecule has 0 saturated carbocycles. The Kier molecular flexibility index (Phi) is 4.77. The number of anilines is 1. The van der Waals surface area contributed by atoms with E-state index in [9.17, 15) is 4.79 Å². The van der Waals surface area contributed by atoms with Crippen LogP contribution in [0.15, 0.2) is 54.7 Å². The summed E-state index contributed by atoms with van der Waals surface area (Å²) in [6.45, 7) is 4.03. The molecule has 0 aromatic heterocycles. The highest BCUT2D eigenvalue weighted by Crippen LogP contribution is 2.22. The number of para-hydroxylation sites is 2. The standard InChI is InChI=1S/C18H19NO2/c1-13-8-9-15(12-14(13)2)17(20)10-11-19-16-6-4-5-7-18(16)21-3/h4-12,19H,1-3H3/b11-10+. The second-order valence-corrected chi connectivity index (χ2v) is 4.84. The molecule has 0 saturated heterocycles. The number of ketones is 1. The number of methoxy groups -OCH3 is 1. The van der Waals surface area contributed by atoms with Crippen LogP contribution in [-0.4, -0.2) is 12.9 Å². The van der Waals surface area contributed by atoms with Gasteiger partial charge in [-0.1, -0.05) is 24.3 Å². The number of allylic oxidation sites excluding steroid dienone is 1. The van der Waals surface area contributed by atoms with Crippen LogP contribution in [-0.2, 0) is 0 Å². The largest absolute Gasteiger partial charge is 0.495 e. The minimum Gasteiger partial charge on any atom is -0.495 e. The molecule has 0 heterocycles. The van der Waals surface area contributed by atoms with E-state index in [1.165, 1.54) is 11.6 Å². The molecule has 0 spiro atoms.